The summed E-state index contributed by atoms with van der Waals surface area (Å²) >= 11 is 0. The highest BCUT2D eigenvalue weighted by Crippen LogP contribution is 2.33. The van der Waals surface area contributed by atoms with E-state index in [2.05, 4.69) is 63.4 Å². The molecule has 94 valence electrons. The van der Waals surface area contributed by atoms with Crippen molar-refractivity contribution in [3.05, 3.63) is 60.2 Å². The van der Waals surface area contributed by atoms with Crippen LogP contribution in [0, 0.1) is 0 Å². The van der Waals surface area contributed by atoms with E-state index in [1.807, 2.05) is 6.07 Å². The van der Waals surface area contributed by atoms with Gasteiger partial charge in [0, 0.05) is 6.54 Å². The highest BCUT2D eigenvalue weighted by Gasteiger charge is 2.23. The summed E-state index contributed by atoms with van der Waals surface area (Å²) in [7, 11) is 0. The minimum absolute atomic E-state index is 0.379. The van der Waals surface area contributed by atoms with E-state index in [0.717, 1.165) is 24.4 Å². The number of para-hydroxylation sites is 2. The lowest BCUT2D eigenvalue weighted by Crippen LogP contribution is -2.23. The first-order valence-electron chi connectivity index (χ1n) is 6.69. The molecule has 0 bridgehead atoms. The Hall–Kier alpha value is -2.29. The highest BCUT2D eigenvalue weighted by molar-refractivity contribution is 5.79. The fraction of sp³-hybridized carbons (Fsp3) is 0.188. The molecule has 1 aromatic heterocycles. The summed E-state index contributed by atoms with van der Waals surface area (Å²) in [6.45, 7) is 0.975. The lowest BCUT2D eigenvalue weighted by atomic mass is 10.0. The molecular weight excluding hydrogens is 234 g/mol. The summed E-state index contributed by atoms with van der Waals surface area (Å²) in [5.41, 5.74) is 3.62. The number of hydrogen-bond donors (Lipinski definition) is 1. The van der Waals surface area contributed by atoms with Crippen molar-refractivity contribution >= 4 is 17.0 Å². The van der Waals surface area contributed by atoms with Crippen LogP contribution in [0.2, 0.25) is 0 Å². The maximum Gasteiger partial charge on any atom is 0.204 e. The van der Waals surface area contributed by atoms with Gasteiger partial charge in [-0.05, 0) is 24.1 Å². The van der Waals surface area contributed by atoms with Gasteiger partial charge < -0.3 is 9.88 Å². The summed E-state index contributed by atoms with van der Waals surface area (Å²) in [6.07, 6.45) is 1.09. The number of hydrogen-bond acceptors (Lipinski definition) is 2. The second kappa shape index (κ2) is 4.12. The van der Waals surface area contributed by atoms with E-state index in [9.17, 15) is 0 Å². The molecule has 0 saturated heterocycles. The van der Waals surface area contributed by atoms with Crippen molar-refractivity contribution in [3.8, 4) is 0 Å². The van der Waals surface area contributed by atoms with Gasteiger partial charge in [-0.15, -0.1) is 0 Å². The van der Waals surface area contributed by atoms with Gasteiger partial charge in [-0.1, -0.05) is 42.5 Å². The van der Waals surface area contributed by atoms with Crippen molar-refractivity contribution in [1.29, 1.82) is 0 Å². The second-order valence-electron chi connectivity index (χ2n) is 4.94. The number of fused-ring (bicyclic) bond motifs is 3. The number of benzene rings is 2. The van der Waals surface area contributed by atoms with Gasteiger partial charge in [0.25, 0.3) is 0 Å². The standard InChI is InChI=1S/C16H15N3/c1-2-6-12(7-3-1)14-10-11-17-16-18-13-8-4-5-9-15(13)19(14)16/h1-9,14H,10-11H2,(H,17,18). The maximum atomic E-state index is 4.68. The molecular formula is C16H15N3. The van der Waals surface area contributed by atoms with Crippen molar-refractivity contribution in [2.24, 2.45) is 0 Å². The smallest absolute Gasteiger partial charge is 0.204 e. The SMILES string of the molecule is c1ccc(C2CCNc3nc4ccccc4n32)cc1. The first kappa shape index (κ1) is 10.6. The predicted molar refractivity (Wildman–Crippen MR) is 77.4 cm³/mol. The Morgan fingerprint density at radius 3 is 2.68 bits per heavy atom. The molecule has 0 spiro atoms. The van der Waals surface area contributed by atoms with Gasteiger partial charge in [-0.3, -0.25) is 0 Å². The average Bonchev–Trinajstić information content (AvgIpc) is 2.86. The third-order valence-corrected chi connectivity index (χ3v) is 3.79. The van der Waals surface area contributed by atoms with Gasteiger partial charge >= 0.3 is 0 Å². The van der Waals surface area contributed by atoms with Crippen molar-refractivity contribution in [1.82, 2.24) is 9.55 Å². The van der Waals surface area contributed by atoms with Crippen LogP contribution < -0.4 is 5.32 Å². The quantitative estimate of drug-likeness (QED) is 0.716. The summed E-state index contributed by atoms with van der Waals surface area (Å²) in [5.74, 6) is 0.987. The van der Waals surface area contributed by atoms with E-state index >= 15 is 0 Å². The Kier molecular flexibility index (Phi) is 2.30. The van der Waals surface area contributed by atoms with E-state index in [0.29, 0.717) is 6.04 Å². The molecule has 1 aliphatic heterocycles. The number of anilines is 1. The second-order valence-corrected chi connectivity index (χ2v) is 4.94. The number of imidazole rings is 1. The minimum Gasteiger partial charge on any atom is -0.356 e. The Morgan fingerprint density at radius 1 is 1.00 bits per heavy atom. The average molecular weight is 249 g/mol. The maximum absolute atomic E-state index is 4.68. The third kappa shape index (κ3) is 1.62. The summed E-state index contributed by atoms with van der Waals surface area (Å²) in [5, 5.41) is 3.40. The lowest BCUT2D eigenvalue weighted by Gasteiger charge is -2.27. The van der Waals surface area contributed by atoms with Crippen LogP contribution in [-0.4, -0.2) is 16.1 Å². The van der Waals surface area contributed by atoms with Crippen LogP contribution in [0.15, 0.2) is 54.6 Å². The van der Waals surface area contributed by atoms with E-state index in [1.165, 1.54) is 11.1 Å². The zero-order chi connectivity index (χ0) is 12.7. The summed E-state index contributed by atoms with van der Waals surface area (Å²) in [4.78, 5) is 4.68. The molecule has 0 saturated carbocycles. The number of aromatic nitrogens is 2. The van der Waals surface area contributed by atoms with Crippen molar-refractivity contribution < 1.29 is 0 Å². The van der Waals surface area contributed by atoms with Crippen LogP contribution in [0.4, 0.5) is 5.95 Å². The molecule has 2 heterocycles. The van der Waals surface area contributed by atoms with Gasteiger partial charge in [0.1, 0.15) is 0 Å². The number of nitrogens with one attached hydrogen (secondary N) is 1. The van der Waals surface area contributed by atoms with Crippen LogP contribution in [0.3, 0.4) is 0 Å². The molecule has 1 unspecified atom stereocenters. The first-order chi connectivity index (χ1) is 9.43. The van der Waals surface area contributed by atoms with E-state index in [1.54, 1.807) is 0 Å². The molecule has 0 fully saturated rings. The minimum atomic E-state index is 0.379. The topological polar surface area (TPSA) is 29.9 Å². The molecule has 0 radical (unpaired) electrons. The Bertz CT molecular complexity index is 715. The van der Waals surface area contributed by atoms with Crippen LogP contribution in [0.1, 0.15) is 18.0 Å². The molecule has 0 amide bonds. The lowest BCUT2D eigenvalue weighted by molar-refractivity contribution is 0.543. The normalized spacial score (nSPS) is 18.0. The third-order valence-electron chi connectivity index (χ3n) is 3.79. The Morgan fingerprint density at radius 2 is 1.79 bits per heavy atom. The summed E-state index contributed by atoms with van der Waals surface area (Å²) in [6, 6.07) is 19.4. The Balaban J connectivity index is 1.95. The molecule has 3 heteroatoms. The van der Waals surface area contributed by atoms with Crippen LogP contribution >= 0.6 is 0 Å². The van der Waals surface area contributed by atoms with E-state index < -0.39 is 0 Å². The molecule has 0 aliphatic carbocycles. The van der Waals surface area contributed by atoms with Gasteiger partial charge in [0.05, 0.1) is 17.1 Å². The van der Waals surface area contributed by atoms with Gasteiger partial charge in [0.15, 0.2) is 0 Å². The molecule has 3 nitrogen and oxygen atoms in total. The van der Waals surface area contributed by atoms with Gasteiger partial charge in [-0.25, -0.2) is 4.98 Å². The van der Waals surface area contributed by atoms with E-state index in [4.69, 9.17) is 0 Å². The van der Waals surface area contributed by atoms with Crippen molar-refractivity contribution in [3.63, 3.8) is 0 Å². The zero-order valence-corrected chi connectivity index (χ0v) is 10.6. The predicted octanol–water partition coefficient (Wildman–Crippen LogP) is 3.44. The fourth-order valence-corrected chi connectivity index (χ4v) is 2.93. The van der Waals surface area contributed by atoms with Crippen molar-refractivity contribution in [2.75, 3.05) is 11.9 Å². The molecule has 1 aliphatic rings. The van der Waals surface area contributed by atoms with Crippen molar-refractivity contribution in [2.45, 2.75) is 12.5 Å². The molecule has 1 atom stereocenters. The van der Waals surface area contributed by atoms with E-state index in [-0.39, 0.29) is 0 Å². The first-order valence-corrected chi connectivity index (χ1v) is 6.69. The number of nitrogens with zero attached hydrogens (tertiary/aromatic N) is 2. The highest BCUT2D eigenvalue weighted by atomic mass is 15.2. The molecule has 4 rings (SSSR count). The van der Waals surface area contributed by atoms with Gasteiger partial charge in [0.2, 0.25) is 5.95 Å². The molecule has 3 aromatic rings. The Labute approximate surface area is 111 Å². The number of rotatable bonds is 1. The van der Waals surface area contributed by atoms with Crippen LogP contribution in [0.5, 0.6) is 0 Å². The molecule has 1 N–H and O–H groups in total. The van der Waals surface area contributed by atoms with Crippen LogP contribution in [0.25, 0.3) is 11.0 Å². The van der Waals surface area contributed by atoms with Crippen LogP contribution in [-0.2, 0) is 0 Å². The zero-order valence-electron chi connectivity index (χ0n) is 10.6. The fourth-order valence-electron chi connectivity index (χ4n) is 2.93. The molecule has 19 heavy (non-hydrogen) atoms. The molecule has 2 aromatic carbocycles. The largest absolute Gasteiger partial charge is 0.356 e. The summed E-state index contributed by atoms with van der Waals surface area (Å²) < 4.78 is 2.33. The monoisotopic (exact) mass is 249 g/mol. The van der Waals surface area contributed by atoms with Gasteiger partial charge in [-0.2, -0.15) is 0 Å².